The third-order valence-corrected chi connectivity index (χ3v) is 6.65. The van der Waals surface area contributed by atoms with Crippen LogP contribution in [0.5, 0.6) is 5.75 Å². The zero-order valence-corrected chi connectivity index (χ0v) is 16.3. The van der Waals surface area contributed by atoms with E-state index in [1.807, 2.05) is 6.92 Å². The molecule has 5 nitrogen and oxygen atoms in total. The molecule has 2 aromatic carbocycles. The average Bonchev–Trinajstić information content (AvgIpc) is 2.63. The minimum atomic E-state index is -3.43. The average molecular weight is 376 g/mol. The van der Waals surface area contributed by atoms with Crippen molar-refractivity contribution in [2.75, 3.05) is 32.8 Å². The van der Waals surface area contributed by atoms with Crippen molar-refractivity contribution in [3.63, 3.8) is 0 Å². The van der Waals surface area contributed by atoms with Crippen LogP contribution in [0.3, 0.4) is 0 Å². The Hall–Kier alpha value is -1.89. The topological polar surface area (TPSA) is 51.1 Å². The van der Waals surface area contributed by atoms with Gasteiger partial charge in [0.1, 0.15) is 12.3 Å². The molecule has 1 heterocycles. The molecule has 3 rings (SSSR count). The predicted molar refractivity (Wildman–Crippen MR) is 102 cm³/mol. The molecule has 0 bridgehead atoms. The van der Waals surface area contributed by atoms with E-state index >= 15 is 0 Å². The van der Waals surface area contributed by atoms with Crippen molar-refractivity contribution in [2.45, 2.75) is 25.3 Å². The minimum absolute atomic E-state index is 0.336. The molecule has 26 heavy (non-hydrogen) atoms. The van der Waals surface area contributed by atoms with Gasteiger partial charge in [-0.2, -0.15) is 4.31 Å². The first-order valence-corrected chi connectivity index (χ1v) is 10.5. The zero-order chi connectivity index (χ0) is 18.6. The summed E-state index contributed by atoms with van der Waals surface area (Å²) in [6, 6.07) is 15.2. The molecule has 2 aromatic rings. The van der Waals surface area contributed by atoms with Crippen molar-refractivity contribution in [2.24, 2.45) is 0 Å². The Morgan fingerprint density at radius 2 is 1.77 bits per heavy atom. The van der Waals surface area contributed by atoms with Crippen LogP contribution in [0.2, 0.25) is 0 Å². The summed E-state index contributed by atoms with van der Waals surface area (Å²) in [6.07, 6.45) is 0. The van der Waals surface area contributed by atoms with Crippen molar-refractivity contribution >= 4 is 10.0 Å². The maximum Gasteiger partial charge on any atom is 0.243 e. The molecule has 0 aliphatic carbocycles. The first kappa shape index (κ1) is 18.9. The number of benzene rings is 2. The lowest BCUT2D eigenvalue weighted by Crippen LogP contribution is -3.13. The molecule has 0 atom stereocenters. The van der Waals surface area contributed by atoms with E-state index in [0.29, 0.717) is 30.3 Å². The van der Waals surface area contributed by atoms with Gasteiger partial charge in [-0.15, -0.1) is 0 Å². The molecule has 0 radical (unpaired) electrons. The Morgan fingerprint density at radius 3 is 2.38 bits per heavy atom. The normalized spacial score (nSPS) is 16.5. The molecule has 0 aromatic heterocycles. The van der Waals surface area contributed by atoms with Gasteiger partial charge in [0.15, 0.2) is 0 Å². The van der Waals surface area contributed by atoms with Gasteiger partial charge >= 0.3 is 0 Å². The third-order valence-electron chi connectivity index (χ3n) is 4.74. The lowest BCUT2D eigenvalue weighted by Gasteiger charge is -2.31. The minimum Gasteiger partial charge on any atom is -0.494 e. The van der Waals surface area contributed by atoms with E-state index in [0.717, 1.165) is 19.6 Å². The molecule has 1 aliphatic rings. The van der Waals surface area contributed by atoms with Crippen molar-refractivity contribution in [1.82, 2.24) is 4.31 Å². The highest BCUT2D eigenvalue weighted by molar-refractivity contribution is 7.89. The number of aryl methyl sites for hydroxylation is 1. The second kappa shape index (κ2) is 8.20. The van der Waals surface area contributed by atoms with Crippen LogP contribution in [0.15, 0.2) is 53.4 Å². The van der Waals surface area contributed by atoms with Crippen LogP contribution in [0, 0.1) is 6.92 Å². The van der Waals surface area contributed by atoms with Gasteiger partial charge in [0.25, 0.3) is 0 Å². The molecule has 0 spiro atoms. The van der Waals surface area contributed by atoms with Crippen LogP contribution >= 0.6 is 0 Å². The first-order chi connectivity index (χ1) is 12.5. The number of hydrogen-bond donors (Lipinski definition) is 1. The fraction of sp³-hybridized carbons (Fsp3) is 0.400. The Kier molecular flexibility index (Phi) is 5.96. The summed E-state index contributed by atoms with van der Waals surface area (Å²) in [5, 5.41) is 0. The molecule has 6 heteroatoms. The van der Waals surface area contributed by atoms with Crippen LogP contribution in [-0.2, 0) is 16.6 Å². The fourth-order valence-electron chi connectivity index (χ4n) is 3.35. The molecule has 140 valence electrons. The fourth-order valence-corrected chi connectivity index (χ4v) is 4.80. The maximum absolute atomic E-state index is 12.8. The Morgan fingerprint density at radius 1 is 1.08 bits per heavy atom. The van der Waals surface area contributed by atoms with Gasteiger partial charge in [-0.1, -0.05) is 29.8 Å². The van der Waals surface area contributed by atoms with Crippen LogP contribution in [0.4, 0.5) is 0 Å². The number of nitrogens with one attached hydrogen (secondary N) is 1. The predicted octanol–water partition coefficient (Wildman–Crippen LogP) is 1.48. The number of ether oxygens (including phenoxy) is 1. The van der Waals surface area contributed by atoms with Crippen LogP contribution < -0.4 is 9.64 Å². The molecule has 1 fully saturated rings. The van der Waals surface area contributed by atoms with E-state index in [4.69, 9.17) is 4.74 Å². The van der Waals surface area contributed by atoms with E-state index < -0.39 is 10.0 Å². The van der Waals surface area contributed by atoms with E-state index in [2.05, 4.69) is 31.2 Å². The smallest absolute Gasteiger partial charge is 0.243 e. The van der Waals surface area contributed by atoms with Crippen LogP contribution in [-0.4, -0.2) is 45.5 Å². The number of quaternary nitrogens is 1. The first-order valence-electron chi connectivity index (χ1n) is 9.11. The van der Waals surface area contributed by atoms with Gasteiger partial charge in [0, 0.05) is 5.56 Å². The summed E-state index contributed by atoms with van der Waals surface area (Å²) < 4.78 is 32.7. The highest BCUT2D eigenvalue weighted by Crippen LogP contribution is 2.19. The number of sulfonamides is 1. The van der Waals surface area contributed by atoms with Gasteiger partial charge in [-0.3, -0.25) is 0 Å². The molecule has 1 N–H and O–H groups in total. The molecular formula is C20H27N2O3S+. The largest absolute Gasteiger partial charge is 0.494 e. The molecule has 0 unspecified atom stereocenters. The van der Waals surface area contributed by atoms with Gasteiger partial charge in [-0.05, 0) is 38.1 Å². The van der Waals surface area contributed by atoms with Gasteiger partial charge in [-0.25, -0.2) is 8.42 Å². The zero-order valence-electron chi connectivity index (χ0n) is 15.4. The Bertz CT molecular complexity index is 826. The van der Waals surface area contributed by atoms with Crippen LogP contribution in [0.25, 0.3) is 0 Å². The standard InChI is InChI=1S/C20H26N2O3S/c1-3-25-19-7-9-20(10-8-19)26(23,24)22-13-11-21(12-14-22)16-18-6-4-5-17(2)15-18/h4-10,15H,3,11-14,16H2,1-2H3/p+1. The van der Waals surface area contributed by atoms with Crippen molar-refractivity contribution < 1.29 is 18.1 Å². The molecule has 0 saturated carbocycles. The van der Waals surface area contributed by atoms with Crippen molar-refractivity contribution in [3.8, 4) is 5.75 Å². The monoisotopic (exact) mass is 375 g/mol. The van der Waals surface area contributed by atoms with Crippen molar-refractivity contribution in [1.29, 1.82) is 0 Å². The summed E-state index contributed by atoms with van der Waals surface area (Å²) in [6.45, 7) is 8.27. The van der Waals surface area contributed by atoms with E-state index in [9.17, 15) is 8.42 Å². The summed E-state index contributed by atoms with van der Waals surface area (Å²) in [5.74, 6) is 0.693. The van der Waals surface area contributed by atoms with Gasteiger partial charge in [0.05, 0.1) is 37.7 Å². The lowest BCUT2D eigenvalue weighted by molar-refractivity contribution is -0.917. The number of hydrogen-bond acceptors (Lipinski definition) is 3. The summed E-state index contributed by atoms with van der Waals surface area (Å²) in [5.41, 5.74) is 2.57. The summed E-state index contributed by atoms with van der Waals surface area (Å²) in [7, 11) is -3.43. The Balaban J connectivity index is 1.61. The van der Waals surface area contributed by atoms with Crippen LogP contribution in [0.1, 0.15) is 18.1 Å². The number of piperazine rings is 1. The highest BCUT2D eigenvalue weighted by Gasteiger charge is 2.30. The quantitative estimate of drug-likeness (QED) is 0.832. The van der Waals surface area contributed by atoms with E-state index in [-0.39, 0.29) is 0 Å². The van der Waals surface area contributed by atoms with Gasteiger partial charge in [0.2, 0.25) is 10.0 Å². The Labute approximate surface area is 156 Å². The number of nitrogens with zero attached hydrogens (tertiary/aromatic N) is 1. The summed E-state index contributed by atoms with van der Waals surface area (Å²) in [4.78, 5) is 1.76. The van der Waals surface area contributed by atoms with E-state index in [1.165, 1.54) is 16.0 Å². The third kappa shape index (κ3) is 4.44. The number of rotatable bonds is 6. The summed E-state index contributed by atoms with van der Waals surface area (Å²) >= 11 is 0. The van der Waals surface area contributed by atoms with Gasteiger partial charge < -0.3 is 9.64 Å². The molecule has 1 aliphatic heterocycles. The maximum atomic E-state index is 12.8. The SMILES string of the molecule is CCOc1ccc(S(=O)(=O)N2CC[NH+](Cc3cccc(C)c3)CC2)cc1. The van der Waals surface area contributed by atoms with E-state index in [1.54, 1.807) is 28.6 Å². The second-order valence-electron chi connectivity index (χ2n) is 6.72. The molecular weight excluding hydrogens is 348 g/mol. The second-order valence-corrected chi connectivity index (χ2v) is 8.66. The highest BCUT2D eigenvalue weighted by atomic mass is 32.2. The lowest BCUT2D eigenvalue weighted by atomic mass is 10.1. The van der Waals surface area contributed by atoms with Crippen molar-refractivity contribution in [3.05, 3.63) is 59.7 Å². The molecule has 1 saturated heterocycles. The molecule has 0 amide bonds.